The van der Waals surface area contributed by atoms with Crippen LogP contribution in [0.2, 0.25) is 0 Å². The molecule has 9 heteroatoms. The number of hydrogen-bond donors (Lipinski definition) is 1. The highest BCUT2D eigenvalue weighted by molar-refractivity contribution is 7.90. The standard InChI is InChI=1S/C27H25N3O4S2/c1-36(33,34)20-10-7-17(8-11-20)16-29-14-13-18-15-19(9-12-22(18)29)30-26(31)24-21-5-3-2-4-6-23(21)35-25(24)28-27(30)32/h7-15H,2-6,16H2,1H3,(H,28,32). The van der Waals surface area contributed by atoms with E-state index in [1.54, 1.807) is 29.5 Å². The van der Waals surface area contributed by atoms with E-state index in [-0.39, 0.29) is 5.56 Å². The Morgan fingerprint density at radius 2 is 1.75 bits per heavy atom. The quantitative estimate of drug-likeness (QED) is 0.356. The third-order valence-corrected chi connectivity index (χ3v) is 9.31. The number of aromatic nitrogens is 3. The number of thiophene rings is 1. The number of sulfone groups is 1. The number of nitrogens with zero attached hydrogens (tertiary/aromatic N) is 2. The Morgan fingerprint density at radius 3 is 2.53 bits per heavy atom. The van der Waals surface area contributed by atoms with Crippen LogP contribution in [-0.2, 0) is 29.2 Å². The van der Waals surface area contributed by atoms with Crippen molar-refractivity contribution in [3.63, 3.8) is 0 Å². The van der Waals surface area contributed by atoms with Gasteiger partial charge in [0.1, 0.15) is 4.83 Å². The first-order valence-corrected chi connectivity index (χ1v) is 14.7. The van der Waals surface area contributed by atoms with Gasteiger partial charge >= 0.3 is 5.69 Å². The van der Waals surface area contributed by atoms with E-state index >= 15 is 0 Å². The van der Waals surface area contributed by atoms with Crippen molar-refractivity contribution in [2.24, 2.45) is 0 Å². The number of aromatic amines is 1. The third kappa shape index (κ3) is 3.92. The Morgan fingerprint density at radius 1 is 0.972 bits per heavy atom. The first-order valence-electron chi connectivity index (χ1n) is 12.0. The number of aryl methyl sites for hydroxylation is 2. The van der Waals surface area contributed by atoms with Crippen molar-refractivity contribution in [3.8, 4) is 5.69 Å². The molecule has 2 aromatic carbocycles. The molecule has 1 aliphatic carbocycles. The fourth-order valence-corrected chi connectivity index (χ4v) is 7.05. The molecule has 0 spiro atoms. The minimum Gasteiger partial charge on any atom is -0.343 e. The topological polar surface area (TPSA) is 93.9 Å². The number of benzene rings is 2. The molecule has 6 rings (SSSR count). The second-order valence-corrected chi connectivity index (χ2v) is 12.6. The largest absolute Gasteiger partial charge is 0.343 e. The molecule has 0 radical (unpaired) electrons. The molecule has 0 bridgehead atoms. The van der Waals surface area contributed by atoms with Gasteiger partial charge in [0.25, 0.3) is 5.56 Å². The summed E-state index contributed by atoms with van der Waals surface area (Å²) in [5.74, 6) is 0. The van der Waals surface area contributed by atoms with E-state index in [1.807, 2.05) is 36.5 Å². The maximum atomic E-state index is 13.6. The number of fused-ring (bicyclic) bond motifs is 4. The second-order valence-electron chi connectivity index (χ2n) is 9.44. The van der Waals surface area contributed by atoms with E-state index in [1.165, 1.54) is 15.7 Å². The zero-order chi connectivity index (χ0) is 25.0. The van der Waals surface area contributed by atoms with Crippen LogP contribution in [0, 0.1) is 0 Å². The molecule has 0 amide bonds. The van der Waals surface area contributed by atoms with Crippen LogP contribution in [-0.4, -0.2) is 28.8 Å². The van der Waals surface area contributed by atoms with Crippen molar-refractivity contribution in [2.45, 2.75) is 43.5 Å². The Bertz CT molecular complexity index is 1860. The summed E-state index contributed by atoms with van der Waals surface area (Å²) in [7, 11) is -3.23. The van der Waals surface area contributed by atoms with Gasteiger partial charge in [0.2, 0.25) is 0 Å². The SMILES string of the molecule is CS(=O)(=O)c1ccc(Cn2ccc3cc(-n4c(=O)[nH]c5sc6c(c5c4=O)CCCCC6)ccc32)cc1. The van der Waals surface area contributed by atoms with E-state index in [9.17, 15) is 18.0 Å². The van der Waals surface area contributed by atoms with Gasteiger partial charge in [0, 0.05) is 34.8 Å². The third-order valence-electron chi connectivity index (χ3n) is 6.98. The molecule has 0 saturated carbocycles. The molecule has 3 aromatic heterocycles. The number of rotatable bonds is 4. The molecule has 0 fully saturated rings. The van der Waals surface area contributed by atoms with Crippen LogP contribution in [0.5, 0.6) is 0 Å². The lowest BCUT2D eigenvalue weighted by molar-refractivity contribution is 0.602. The Balaban J connectivity index is 1.39. The summed E-state index contributed by atoms with van der Waals surface area (Å²) >= 11 is 1.55. The van der Waals surface area contributed by atoms with Crippen LogP contribution < -0.4 is 11.2 Å². The van der Waals surface area contributed by atoms with Crippen LogP contribution in [0.3, 0.4) is 0 Å². The summed E-state index contributed by atoms with van der Waals surface area (Å²) < 4.78 is 26.8. The summed E-state index contributed by atoms with van der Waals surface area (Å²) in [6.45, 7) is 0.570. The highest BCUT2D eigenvalue weighted by Crippen LogP contribution is 2.32. The lowest BCUT2D eigenvalue weighted by Crippen LogP contribution is -2.33. The molecular weight excluding hydrogens is 494 g/mol. The summed E-state index contributed by atoms with van der Waals surface area (Å²) in [6, 6.07) is 14.4. The van der Waals surface area contributed by atoms with Crippen LogP contribution in [0.15, 0.2) is 69.2 Å². The van der Waals surface area contributed by atoms with Crippen LogP contribution in [0.4, 0.5) is 0 Å². The molecule has 36 heavy (non-hydrogen) atoms. The first-order chi connectivity index (χ1) is 17.3. The normalized spacial score (nSPS) is 14.2. The lowest BCUT2D eigenvalue weighted by Gasteiger charge is -2.09. The van der Waals surface area contributed by atoms with Crippen molar-refractivity contribution in [1.82, 2.24) is 14.1 Å². The predicted molar refractivity (Wildman–Crippen MR) is 143 cm³/mol. The van der Waals surface area contributed by atoms with Crippen molar-refractivity contribution in [2.75, 3.05) is 6.26 Å². The van der Waals surface area contributed by atoms with Gasteiger partial charge in [-0.05, 0) is 73.2 Å². The highest BCUT2D eigenvalue weighted by Gasteiger charge is 2.21. The Labute approximate surface area is 211 Å². The molecule has 1 N–H and O–H groups in total. The fraction of sp³-hybridized carbons (Fsp3) is 0.259. The lowest BCUT2D eigenvalue weighted by atomic mass is 10.1. The number of nitrogens with one attached hydrogen (secondary N) is 1. The highest BCUT2D eigenvalue weighted by atomic mass is 32.2. The smallest absolute Gasteiger partial charge is 0.334 e. The van der Waals surface area contributed by atoms with Gasteiger partial charge in [-0.15, -0.1) is 11.3 Å². The number of H-pyrrole nitrogens is 1. The van der Waals surface area contributed by atoms with Crippen molar-refractivity contribution < 1.29 is 8.42 Å². The average molecular weight is 520 g/mol. The molecule has 0 atom stereocenters. The first kappa shape index (κ1) is 23.0. The zero-order valence-corrected chi connectivity index (χ0v) is 21.4. The molecule has 5 aromatic rings. The molecule has 7 nitrogen and oxygen atoms in total. The van der Waals surface area contributed by atoms with Crippen LogP contribution >= 0.6 is 11.3 Å². The van der Waals surface area contributed by atoms with E-state index < -0.39 is 15.5 Å². The minimum atomic E-state index is -3.23. The molecule has 0 saturated heterocycles. The Kier molecular flexibility index (Phi) is 5.49. The average Bonchev–Trinajstić information content (AvgIpc) is 3.31. The summed E-state index contributed by atoms with van der Waals surface area (Å²) in [6.07, 6.45) is 8.34. The number of hydrogen-bond acceptors (Lipinski definition) is 5. The van der Waals surface area contributed by atoms with Crippen LogP contribution in [0.1, 0.15) is 35.3 Å². The molecule has 184 valence electrons. The van der Waals surface area contributed by atoms with Gasteiger partial charge in [-0.2, -0.15) is 0 Å². The van der Waals surface area contributed by atoms with Gasteiger partial charge in [-0.3, -0.25) is 9.78 Å². The minimum absolute atomic E-state index is 0.252. The van der Waals surface area contributed by atoms with Gasteiger partial charge in [0.15, 0.2) is 9.84 Å². The van der Waals surface area contributed by atoms with Crippen LogP contribution in [0.25, 0.3) is 26.8 Å². The monoisotopic (exact) mass is 519 g/mol. The van der Waals surface area contributed by atoms with E-state index in [4.69, 9.17) is 0 Å². The Hall–Kier alpha value is -3.43. The van der Waals surface area contributed by atoms with Crippen molar-refractivity contribution >= 4 is 42.3 Å². The molecule has 1 aliphatic rings. The van der Waals surface area contributed by atoms with Gasteiger partial charge in [-0.1, -0.05) is 18.6 Å². The van der Waals surface area contributed by atoms with Gasteiger partial charge < -0.3 is 4.57 Å². The van der Waals surface area contributed by atoms with Crippen molar-refractivity contribution in [3.05, 3.63) is 91.6 Å². The second kappa shape index (κ2) is 8.60. The predicted octanol–water partition coefficient (Wildman–Crippen LogP) is 4.42. The summed E-state index contributed by atoms with van der Waals surface area (Å²) in [5, 5.41) is 1.57. The molecule has 3 heterocycles. The zero-order valence-electron chi connectivity index (χ0n) is 19.8. The van der Waals surface area contributed by atoms with Gasteiger partial charge in [0.05, 0.1) is 16.0 Å². The van der Waals surface area contributed by atoms with Crippen molar-refractivity contribution in [1.29, 1.82) is 0 Å². The maximum absolute atomic E-state index is 13.6. The molecular formula is C27H25N3O4S2. The summed E-state index contributed by atoms with van der Waals surface area (Å²) in [5.41, 5.74) is 2.91. The maximum Gasteiger partial charge on any atom is 0.334 e. The summed E-state index contributed by atoms with van der Waals surface area (Å²) in [4.78, 5) is 31.7. The fourth-order valence-electron chi connectivity index (χ4n) is 5.15. The van der Waals surface area contributed by atoms with E-state index in [0.717, 1.165) is 54.1 Å². The molecule has 0 aliphatic heterocycles. The van der Waals surface area contributed by atoms with Gasteiger partial charge in [-0.25, -0.2) is 17.8 Å². The van der Waals surface area contributed by atoms with E-state index in [0.29, 0.717) is 27.3 Å². The van der Waals surface area contributed by atoms with E-state index in [2.05, 4.69) is 9.55 Å². The molecule has 0 unspecified atom stereocenters.